The van der Waals surface area contributed by atoms with Gasteiger partial charge in [-0.25, -0.2) is 4.79 Å². The number of aryl methyl sites for hydroxylation is 1. The minimum Gasteiger partial charge on any atom is -0.466 e. The number of hydrogen-bond donors (Lipinski definition) is 0. The van der Waals surface area contributed by atoms with Crippen molar-refractivity contribution in [3.63, 3.8) is 0 Å². The molecule has 2 rings (SSSR count). The van der Waals surface area contributed by atoms with Crippen molar-refractivity contribution >= 4 is 38.1 Å². The average Bonchev–Trinajstić information content (AvgIpc) is 2.63. The fourth-order valence-electron chi connectivity index (χ4n) is 1.86. The van der Waals surface area contributed by atoms with Gasteiger partial charge in [0.2, 0.25) is 0 Å². The van der Waals surface area contributed by atoms with E-state index in [1.54, 1.807) is 24.3 Å². The zero-order valence-corrected chi connectivity index (χ0v) is 16.6. The highest BCUT2D eigenvalue weighted by Crippen LogP contribution is 2.18. The Labute approximate surface area is 161 Å². The van der Waals surface area contributed by atoms with Crippen LogP contribution >= 0.6 is 15.9 Å². The average molecular weight is 437 g/mol. The van der Waals surface area contributed by atoms with E-state index in [1.165, 1.54) is 25.5 Å². The van der Waals surface area contributed by atoms with E-state index in [0.29, 0.717) is 5.56 Å². The quantitative estimate of drug-likeness (QED) is 0.300. The molecule has 0 amide bonds. The highest BCUT2D eigenvalue weighted by molar-refractivity contribution is 9.10. The normalized spacial score (nSPS) is 11.8. The van der Waals surface area contributed by atoms with Crippen molar-refractivity contribution in [2.45, 2.75) is 11.8 Å². The lowest BCUT2D eigenvalue weighted by Crippen LogP contribution is -2.21. The molecule has 6 nitrogen and oxygen atoms in total. The van der Waals surface area contributed by atoms with Gasteiger partial charge in [-0.3, -0.25) is 0 Å². The Morgan fingerprint density at radius 3 is 2.31 bits per heavy atom. The molecular formula is C18H17BrN2O4S. The highest BCUT2D eigenvalue weighted by atomic mass is 79.9. The minimum absolute atomic E-state index is 0.0607. The third-order valence-electron chi connectivity index (χ3n) is 3.30. The number of carbonyl (C=O) groups is 1. The van der Waals surface area contributed by atoms with Gasteiger partial charge in [-0.1, -0.05) is 45.8 Å². The van der Waals surface area contributed by atoms with Crippen molar-refractivity contribution in [3.8, 4) is 0 Å². The second kappa shape index (κ2) is 8.77. The maximum absolute atomic E-state index is 12.8. The van der Waals surface area contributed by atoms with Gasteiger partial charge < -0.3 is 4.74 Å². The van der Waals surface area contributed by atoms with Crippen LogP contribution in [0.3, 0.4) is 0 Å². The smallest absolute Gasteiger partial charge is 0.332 e. The highest BCUT2D eigenvalue weighted by Gasteiger charge is 2.21. The number of rotatable bonds is 6. The number of carbonyl (C=O) groups excluding carboxylic acids is 1. The summed E-state index contributed by atoms with van der Waals surface area (Å²) in [6.45, 7) is 1.86. The molecule has 2 aromatic carbocycles. The van der Waals surface area contributed by atoms with Crippen molar-refractivity contribution in [2.75, 3.05) is 7.11 Å². The Morgan fingerprint density at radius 2 is 1.73 bits per heavy atom. The molecule has 8 heteroatoms. The van der Waals surface area contributed by atoms with Crippen LogP contribution in [-0.2, 0) is 19.6 Å². The molecule has 26 heavy (non-hydrogen) atoms. The molecule has 0 aliphatic carbocycles. The van der Waals surface area contributed by atoms with E-state index in [9.17, 15) is 13.2 Å². The first-order valence-electron chi connectivity index (χ1n) is 7.50. The number of nitrogens with zero attached hydrogens (tertiary/aromatic N) is 2. The molecule has 0 spiro atoms. The molecule has 0 aromatic heterocycles. The van der Waals surface area contributed by atoms with Crippen LogP contribution in [0.4, 0.5) is 0 Å². The topological polar surface area (TPSA) is 76.0 Å². The largest absolute Gasteiger partial charge is 0.466 e. The number of esters is 1. The minimum atomic E-state index is -3.97. The molecule has 0 saturated heterocycles. The number of ether oxygens (including phenoxy) is 1. The standard InChI is InChI=1S/C18H17BrN2O4S/c1-14-3-9-17(10-4-14)26(23,24)21(12-11-18(22)25-2)20-13-15-5-7-16(19)8-6-15/h3-13H,1-2H3/b12-11+,20-13+. The first kappa shape index (κ1) is 19.9. The second-order valence-corrected chi connectivity index (χ2v) is 7.94. The number of hydrogen-bond acceptors (Lipinski definition) is 5. The van der Waals surface area contributed by atoms with Crippen LogP contribution in [0.1, 0.15) is 11.1 Å². The molecule has 136 valence electrons. The summed E-state index contributed by atoms with van der Waals surface area (Å²) in [5.74, 6) is -0.687. The predicted molar refractivity (Wildman–Crippen MR) is 103 cm³/mol. The molecule has 0 saturated carbocycles. The molecular weight excluding hydrogens is 420 g/mol. The van der Waals surface area contributed by atoms with Crippen LogP contribution in [-0.4, -0.2) is 32.1 Å². The third kappa shape index (κ3) is 5.27. The third-order valence-corrected chi connectivity index (χ3v) is 5.40. The van der Waals surface area contributed by atoms with Gasteiger partial charge in [-0.15, -0.1) is 0 Å². The van der Waals surface area contributed by atoms with Crippen molar-refractivity contribution in [2.24, 2.45) is 5.10 Å². The Balaban J connectivity index is 2.39. The molecule has 0 unspecified atom stereocenters. The van der Waals surface area contributed by atoms with Crippen LogP contribution < -0.4 is 0 Å². The van der Waals surface area contributed by atoms with Crippen LogP contribution in [0.5, 0.6) is 0 Å². The molecule has 0 bridgehead atoms. The van der Waals surface area contributed by atoms with E-state index in [-0.39, 0.29) is 4.90 Å². The van der Waals surface area contributed by atoms with E-state index in [0.717, 1.165) is 26.7 Å². The molecule has 0 heterocycles. The maximum Gasteiger partial charge on any atom is 0.332 e. The molecule has 0 fully saturated rings. The van der Waals surface area contributed by atoms with Crippen LogP contribution in [0.25, 0.3) is 0 Å². The van der Waals surface area contributed by atoms with Crippen LogP contribution in [0, 0.1) is 6.92 Å². The summed E-state index contributed by atoms with van der Waals surface area (Å²) in [6.07, 6.45) is 3.43. The maximum atomic E-state index is 12.8. The SMILES string of the molecule is COC(=O)/C=C/N(/N=C/c1ccc(Br)cc1)S(=O)(=O)c1ccc(C)cc1. The number of benzene rings is 2. The van der Waals surface area contributed by atoms with Gasteiger partial charge in [0.15, 0.2) is 0 Å². The van der Waals surface area contributed by atoms with Gasteiger partial charge in [0.1, 0.15) is 0 Å². The number of methoxy groups -OCH3 is 1. The lowest BCUT2D eigenvalue weighted by Gasteiger charge is -2.15. The van der Waals surface area contributed by atoms with Crippen molar-refractivity contribution in [1.29, 1.82) is 0 Å². The number of halogens is 1. The van der Waals surface area contributed by atoms with Gasteiger partial charge >= 0.3 is 5.97 Å². The second-order valence-electron chi connectivity index (χ2n) is 5.23. The number of sulfonamides is 1. The molecule has 0 N–H and O–H groups in total. The van der Waals surface area contributed by atoms with Crippen molar-refractivity contribution in [1.82, 2.24) is 4.41 Å². The lowest BCUT2D eigenvalue weighted by molar-refractivity contribution is -0.134. The fourth-order valence-corrected chi connectivity index (χ4v) is 3.22. The lowest BCUT2D eigenvalue weighted by atomic mass is 10.2. The Hall–Kier alpha value is -2.45. The fraction of sp³-hybridized carbons (Fsp3) is 0.111. The van der Waals surface area contributed by atoms with Crippen LogP contribution in [0.15, 0.2) is 75.3 Å². The summed E-state index contributed by atoms with van der Waals surface area (Å²) < 4.78 is 31.8. The first-order chi connectivity index (χ1) is 12.3. The monoisotopic (exact) mass is 436 g/mol. The van der Waals surface area contributed by atoms with Gasteiger partial charge in [0, 0.05) is 16.7 Å². The van der Waals surface area contributed by atoms with E-state index in [4.69, 9.17) is 0 Å². The molecule has 0 radical (unpaired) electrons. The molecule has 0 aliphatic rings. The molecule has 2 aromatic rings. The van der Waals surface area contributed by atoms with Gasteiger partial charge in [-0.2, -0.15) is 17.9 Å². The summed E-state index contributed by atoms with van der Waals surface area (Å²) in [7, 11) is -2.76. The van der Waals surface area contributed by atoms with Crippen LogP contribution in [0.2, 0.25) is 0 Å². The Bertz CT molecular complexity index is 921. The van der Waals surface area contributed by atoms with Gasteiger partial charge in [0.25, 0.3) is 10.0 Å². The zero-order chi connectivity index (χ0) is 19.2. The van der Waals surface area contributed by atoms with E-state index < -0.39 is 16.0 Å². The van der Waals surface area contributed by atoms with Gasteiger partial charge in [-0.05, 0) is 36.8 Å². The molecule has 0 atom stereocenters. The number of hydrazone groups is 1. The summed E-state index contributed by atoms with van der Waals surface area (Å²) in [5.41, 5.74) is 1.63. The van der Waals surface area contributed by atoms with E-state index in [1.807, 2.05) is 19.1 Å². The molecule has 0 aliphatic heterocycles. The van der Waals surface area contributed by atoms with E-state index in [2.05, 4.69) is 25.8 Å². The predicted octanol–water partition coefficient (Wildman–Crippen LogP) is 3.47. The van der Waals surface area contributed by atoms with Crippen molar-refractivity contribution in [3.05, 3.63) is 76.4 Å². The Morgan fingerprint density at radius 1 is 1.12 bits per heavy atom. The summed E-state index contributed by atoms with van der Waals surface area (Å²) in [4.78, 5) is 11.4. The van der Waals surface area contributed by atoms with Crippen molar-refractivity contribution < 1.29 is 17.9 Å². The zero-order valence-electron chi connectivity index (χ0n) is 14.2. The Kier molecular flexibility index (Phi) is 6.70. The summed E-state index contributed by atoms with van der Waals surface area (Å²) >= 11 is 3.33. The summed E-state index contributed by atoms with van der Waals surface area (Å²) in [6, 6.07) is 13.5. The first-order valence-corrected chi connectivity index (χ1v) is 9.73. The van der Waals surface area contributed by atoms with Gasteiger partial charge in [0.05, 0.1) is 18.2 Å². The summed E-state index contributed by atoms with van der Waals surface area (Å²) in [5, 5.41) is 4.01. The van der Waals surface area contributed by atoms with E-state index >= 15 is 0 Å².